The van der Waals surface area contributed by atoms with Crippen LogP contribution in [0.3, 0.4) is 0 Å². The summed E-state index contributed by atoms with van der Waals surface area (Å²) in [6, 6.07) is 4.05. The van der Waals surface area contributed by atoms with E-state index >= 15 is 0 Å². The fourth-order valence-corrected chi connectivity index (χ4v) is 3.99. The lowest BCUT2D eigenvalue weighted by Crippen LogP contribution is -2.36. The molecule has 1 aliphatic heterocycles. The van der Waals surface area contributed by atoms with Crippen LogP contribution in [-0.2, 0) is 4.74 Å². The topological polar surface area (TPSA) is 73.5 Å². The molecular formula is C19H26N4O2. The fraction of sp³-hybridized carbons (Fsp3) is 0.579. The van der Waals surface area contributed by atoms with Gasteiger partial charge in [-0.1, -0.05) is 19.3 Å². The standard InChI is InChI=1S/C19H26N4O2/c1-24-17-12-15-14(11-16(17)23-7-9-25-10-8-23)22-19(20)18(21-15)13-5-3-2-4-6-13/h11-13H,2-10H2,1H3,(H2,20,22). The van der Waals surface area contributed by atoms with Crippen LogP contribution >= 0.6 is 0 Å². The monoisotopic (exact) mass is 342 g/mol. The van der Waals surface area contributed by atoms with Crippen LogP contribution in [0.1, 0.15) is 43.7 Å². The largest absolute Gasteiger partial charge is 0.495 e. The Morgan fingerprint density at radius 2 is 1.80 bits per heavy atom. The van der Waals surface area contributed by atoms with E-state index < -0.39 is 0 Å². The molecule has 1 saturated heterocycles. The molecule has 1 saturated carbocycles. The third-order valence-electron chi connectivity index (χ3n) is 5.36. The predicted molar refractivity (Wildman–Crippen MR) is 99.4 cm³/mol. The van der Waals surface area contributed by atoms with Crippen molar-refractivity contribution in [2.24, 2.45) is 0 Å². The lowest BCUT2D eigenvalue weighted by Gasteiger charge is -2.30. The van der Waals surface area contributed by atoms with Crippen LogP contribution < -0.4 is 15.4 Å². The van der Waals surface area contributed by atoms with Gasteiger partial charge in [0.05, 0.1) is 42.7 Å². The van der Waals surface area contributed by atoms with Crippen LogP contribution in [0.15, 0.2) is 12.1 Å². The zero-order valence-corrected chi connectivity index (χ0v) is 14.8. The Balaban J connectivity index is 1.75. The molecule has 2 N–H and O–H groups in total. The van der Waals surface area contributed by atoms with Crippen molar-refractivity contribution in [3.8, 4) is 5.75 Å². The summed E-state index contributed by atoms with van der Waals surface area (Å²) in [4.78, 5) is 11.8. The van der Waals surface area contributed by atoms with E-state index in [1.165, 1.54) is 19.3 Å². The second kappa shape index (κ2) is 7.04. The molecule has 1 aromatic heterocycles. The first-order chi connectivity index (χ1) is 12.3. The summed E-state index contributed by atoms with van der Waals surface area (Å²) in [6.07, 6.45) is 6.14. The molecule has 1 aliphatic carbocycles. The first-order valence-electron chi connectivity index (χ1n) is 9.24. The number of nitrogens with zero attached hydrogens (tertiary/aromatic N) is 3. The summed E-state index contributed by atoms with van der Waals surface area (Å²) in [6.45, 7) is 3.17. The Hall–Kier alpha value is -2.08. The second-order valence-electron chi connectivity index (χ2n) is 6.94. The predicted octanol–water partition coefficient (Wildman–Crippen LogP) is 3.10. The minimum absolute atomic E-state index is 0.440. The minimum Gasteiger partial charge on any atom is -0.495 e. The molecule has 0 unspecified atom stereocenters. The quantitative estimate of drug-likeness (QED) is 0.924. The van der Waals surface area contributed by atoms with Crippen LogP contribution in [0.2, 0.25) is 0 Å². The van der Waals surface area contributed by atoms with Crippen molar-refractivity contribution in [1.29, 1.82) is 0 Å². The number of hydrogen-bond donors (Lipinski definition) is 1. The summed E-state index contributed by atoms with van der Waals surface area (Å²) in [7, 11) is 1.71. The van der Waals surface area contributed by atoms with Gasteiger partial charge in [0.1, 0.15) is 11.6 Å². The Bertz CT molecular complexity index is 753. The molecule has 2 aliphatic rings. The van der Waals surface area contributed by atoms with E-state index in [0.717, 1.165) is 67.3 Å². The maximum atomic E-state index is 6.28. The van der Waals surface area contributed by atoms with Gasteiger partial charge in [0.25, 0.3) is 0 Å². The van der Waals surface area contributed by atoms with Crippen molar-refractivity contribution in [2.75, 3.05) is 44.0 Å². The van der Waals surface area contributed by atoms with Gasteiger partial charge in [-0.3, -0.25) is 0 Å². The SMILES string of the molecule is COc1cc2nc(C3CCCCC3)c(N)nc2cc1N1CCOCC1. The van der Waals surface area contributed by atoms with Crippen molar-refractivity contribution >= 4 is 22.5 Å². The molecule has 4 rings (SSSR count). The zero-order chi connectivity index (χ0) is 17.2. The van der Waals surface area contributed by atoms with Crippen LogP contribution in [0.4, 0.5) is 11.5 Å². The molecule has 6 heteroatoms. The third kappa shape index (κ3) is 3.23. The number of methoxy groups -OCH3 is 1. The Morgan fingerprint density at radius 1 is 1.08 bits per heavy atom. The number of ether oxygens (including phenoxy) is 2. The second-order valence-corrected chi connectivity index (χ2v) is 6.94. The Labute approximate surface area is 148 Å². The number of benzene rings is 1. The van der Waals surface area contributed by atoms with Gasteiger partial charge in [0.2, 0.25) is 0 Å². The van der Waals surface area contributed by atoms with E-state index in [-0.39, 0.29) is 0 Å². The summed E-state index contributed by atoms with van der Waals surface area (Å²) in [5.41, 5.74) is 9.98. The highest BCUT2D eigenvalue weighted by Gasteiger charge is 2.22. The first kappa shape index (κ1) is 16.4. The van der Waals surface area contributed by atoms with E-state index in [4.69, 9.17) is 20.2 Å². The van der Waals surface area contributed by atoms with Gasteiger partial charge >= 0.3 is 0 Å². The Kier molecular flexibility index (Phi) is 4.61. The maximum absolute atomic E-state index is 6.28. The van der Waals surface area contributed by atoms with Crippen molar-refractivity contribution in [3.63, 3.8) is 0 Å². The summed E-state index contributed by atoms with van der Waals surface area (Å²) < 4.78 is 11.1. The number of nitrogen functional groups attached to an aromatic ring is 1. The highest BCUT2D eigenvalue weighted by atomic mass is 16.5. The van der Waals surface area contributed by atoms with E-state index in [1.807, 2.05) is 12.1 Å². The van der Waals surface area contributed by atoms with Crippen LogP contribution in [-0.4, -0.2) is 43.4 Å². The number of aromatic nitrogens is 2. The summed E-state index contributed by atoms with van der Waals surface area (Å²) in [5.74, 6) is 1.86. The Morgan fingerprint density at radius 3 is 2.52 bits per heavy atom. The highest BCUT2D eigenvalue weighted by molar-refractivity contribution is 5.84. The zero-order valence-electron chi connectivity index (χ0n) is 14.8. The van der Waals surface area contributed by atoms with Crippen LogP contribution in [0, 0.1) is 0 Å². The number of anilines is 2. The molecule has 6 nitrogen and oxygen atoms in total. The van der Waals surface area contributed by atoms with Gasteiger partial charge in [0.15, 0.2) is 0 Å². The molecule has 1 aromatic carbocycles. The molecule has 2 fully saturated rings. The number of rotatable bonds is 3. The summed E-state index contributed by atoms with van der Waals surface area (Å²) in [5, 5.41) is 0. The van der Waals surface area contributed by atoms with Gasteiger partial charge in [-0.05, 0) is 18.9 Å². The first-order valence-corrected chi connectivity index (χ1v) is 9.24. The molecule has 0 bridgehead atoms. The number of hydrogen-bond acceptors (Lipinski definition) is 6. The normalized spacial score (nSPS) is 19.3. The highest BCUT2D eigenvalue weighted by Crippen LogP contribution is 2.37. The minimum atomic E-state index is 0.440. The van der Waals surface area contributed by atoms with Crippen LogP contribution in [0.25, 0.3) is 11.0 Å². The average molecular weight is 342 g/mol. The molecule has 0 amide bonds. The molecule has 25 heavy (non-hydrogen) atoms. The molecule has 2 heterocycles. The lowest BCUT2D eigenvalue weighted by molar-refractivity contribution is 0.122. The fourth-order valence-electron chi connectivity index (χ4n) is 3.99. The van der Waals surface area contributed by atoms with E-state index in [2.05, 4.69) is 9.88 Å². The van der Waals surface area contributed by atoms with Crippen molar-refractivity contribution < 1.29 is 9.47 Å². The molecule has 0 radical (unpaired) electrons. The number of nitrogens with two attached hydrogens (primary N) is 1. The van der Waals surface area contributed by atoms with Crippen molar-refractivity contribution in [3.05, 3.63) is 17.8 Å². The van der Waals surface area contributed by atoms with E-state index in [1.54, 1.807) is 7.11 Å². The molecular weight excluding hydrogens is 316 g/mol. The smallest absolute Gasteiger partial charge is 0.146 e. The number of fused-ring (bicyclic) bond motifs is 1. The number of morpholine rings is 1. The molecule has 0 spiro atoms. The molecule has 134 valence electrons. The van der Waals surface area contributed by atoms with Crippen molar-refractivity contribution in [2.45, 2.75) is 38.0 Å². The van der Waals surface area contributed by atoms with Crippen LogP contribution in [0.5, 0.6) is 5.75 Å². The van der Waals surface area contributed by atoms with Gasteiger partial charge < -0.3 is 20.1 Å². The van der Waals surface area contributed by atoms with Gasteiger partial charge in [-0.2, -0.15) is 0 Å². The van der Waals surface area contributed by atoms with E-state index in [9.17, 15) is 0 Å². The lowest BCUT2D eigenvalue weighted by atomic mass is 9.86. The van der Waals surface area contributed by atoms with E-state index in [0.29, 0.717) is 11.7 Å². The van der Waals surface area contributed by atoms with Gasteiger partial charge in [0, 0.05) is 25.1 Å². The molecule has 0 atom stereocenters. The third-order valence-corrected chi connectivity index (χ3v) is 5.36. The molecule has 2 aromatic rings. The van der Waals surface area contributed by atoms with Crippen molar-refractivity contribution in [1.82, 2.24) is 9.97 Å². The maximum Gasteiger partial charge on any atom is 0.146 e. The van der Waals surface area contributed by atoms with Gasteiger partial charge in [-0.15, -0.1) is 0 Å². The summed E-state index contributed by atoms with van der Waals surface area (Å²) >= 11 is 0. The van der Waals surface area contributed by atoms with Gasteiger partial charge in [-0.25, -0.2) is 9.97 Å². The average Bonchev–Trinajstić information content (AvgIpc) is 2.68.